The molecule has 0 fully saturated rings. The van der Waals surface area contributed by atoms with Crippen LogP contribution in [-0.4, -0.2) is 60.3 Å². The van der Waals surface area contributed by atoms with Crippen molar-refractivity contribution in [3.8, 4) is 0 Å². The predicted octanol–water partition coefficient (Wildman–Crippen LogP) is 5.09. The van der Waals surface area contributed by atoms with Gasteiger partial charge in [0, 0.05) is 0 Å². The Morgan fingerprint density at radius 3 is 1.53 bits per heavy atom. The maximum Gasteiger partial charge on any atom is 0.488 e. The number of quaternary nitrogens is 1. The number of aryl methyl sites for hydroxylation is 1. The molecule has 220 valence electrons. The minimum absolute atomic E-state index is 0.456. The first-order valence-electron chi connectivity index (χ1n) is 14.9. The average molecular weight is 556 g/mol. The molecule has 7 nitrogen and oxygen atoms in total. The normalized spacial score (nSPS) is 14.4. The highest BCUT2D eigenvalue weighted by atomic mass is 31.2. The average Bonchev–Trinajstić information content (AvgIpc) is 2.81. The van der Waals surface area contributed by atoms with Crippen LogP contribution in [0.15, 0.2) is 24.3 Å². The van der Waals surface area contributed by atoms with E-state index in [1.807, 2.05) is 33.3 Å². The first-order valence-corrected chi connectivity index (χ1v) is 16.4. The number of benzene rings is 1. The fraction of sp³-hybridized carbons (Fsp3) is 0.793. The van der Waals surface area contributed by atoms with Crippen LogP contribution in [0.1, 0.15) is 115 Å². The zero-order chi connectivity index (χ0) is 28.3. The second-order valence-corrected chi connectivity index (χ2v) is 13.1. The van der Waals surface area contributed by atoms with Gasteiger partial charge in [-0.05, 0) is 30.3 Å². The molecule has 0 saturated carbocycles. The molecule has 0 saturated heterocycles. The Hall–Kier alpha value is -0.725. The Labute approximate surface area is 233 Å². The molecule has 1 rings (SSSR count). The number of phosphoric acid groups is 1. The van der Waals surface area contributed by atoms with E-state index in [1.165, 1.54) is 95.5 Å². The molecule has 2 unspecified atom stereocenters. The molecule has 9 heteroatoms. The number of nitrogens with zero attached hydrogens (tertiary/aromatic N) is 1. The molecule has 3 N–H and O–H groups in total. The van der Waals surface area contributed by atoms with Gasteiger partial charge in [-0.3, -0.25) is 4.57 Å². The van der Waals surface area contributed by atoms with E-state index >= 15 is 0 Å². The van der Waals surface area contributed by atoms with E-state index in [2.05, 4.69) is 0 Å². The van der Waals surface area contributed by atoms with Gasteiger partial charge in [0.2, 0.25) is 0 Å². The van der Waals surface area contributed by atoms with Gasteiger partial charge in [-0.15, -0.1) is 0 Å². The zero-order valence-electron chi connectivity index (χ0n) is 24.4. The van der Waals surface area contributed by atoms with Gasteiger partial charge in [-0.2, -0.15) is 0 Å². The smallest absolute Gasteiger partial charge is 0.488 e. The van der Waals surface area contributed by atoms with Crippen LogP contribution in [0.2, 0.25) is 0 Å². The summed E-state index contributed by atoms with van der Waals surface area (Å²) in [5.41, 5.74) is 1.82. The van der Waals surface area contributed by atoms with Crippen LogP contribution in [0.4, 0.5) is 0 Å². The van der Waals surface area contributed by atoms with Crippen molar-refractivity contribution < 1.29 is 33.4 Å². The molecule has 1 aromatic carbocycles. The second-order valence-electron chi connectivity index (χ2n) is 12.0. The summed E-state index contributed by atoms with van der Waals surface area (Å²) >= 11 is 0. The Bertz CT molecular complexity index is 750. The SMILES string of the molecule is C[N+](C)(C)CC(CCCCCCCCCCCCCCCCCCc1ccc(B(O)O)cc1)OP(=O)([O-])O. The first kappa shape index (κ1) is 35.3. The van der Waals surface area contributed by atoms with E-state index in [0.717, 1.165) is 19.3 Å². The van der Waals surface area contributed by atoms with Gasteiger partial charge >= 0.3 is 7.12 Å². The van der Waals surface area contributed by atoms with E-state index in [4.69, 9.17) is 19.5 Å². The summed E-state index contributed by atoms with van der Waals surface area (Å²) in [7, 11) is -0.0942. The molecule has 2 atom stereocenters. The summed E-state index contributed by atoms with van der Waals surface area (Å²) in [5.74, 6) is 0. The van der Waals surface area contributed by atoms with Crippen molar-refractivity contribution in [1.82, 2.24) is 0 Å². The molecular weight excluding hydrogens is 500 g/mol. The van der Waals surface area contributed by atoms with Crippen molar-refractivity contribution in [2.24, 2.45) is 0 Å². The molecule has 0 aliphatic heterocycles. The maximum absolute atomic E-state index is 11.1. The Balaban J connectivity index is 1.87. The van der Waals surface area contributed by atoms with E-state index in [1.54, 1.807) is 12.1 Å². The fourth-order valence-corrected chi connectivity index (χ4v) is 5.56. The Kier molecular flexibility index (Phi) is 18.8. The van der Waals surface area contributed by atoms with Crippen LogP contribution in [0.5, 0.6) is 0 Å². The van der Waals surface area contributed by atoms with Crippen molar-refractivity contribution in [3.05, 3.63) is 29.8 Å². The van der Waals surface area contributed by atoms with Crippen LogP contribution >= 0.6 is 7.82 Å². The molecule has 0 heterocycles. The third-order valence-corrected chi connectivity index (χ3v) is 7.62. The minimum Gasteiger partial charge on any atom is -0.756 e. The quantitative estimate of drug-likeness (QED) is 0.0710. The monoisotopic (exact) mass is 555 g/mol. The highest BCUT2D eigenvalue weighted by Gasteiger charge is 2.22. The fourth-order valence-electron chi connectivity index (χ4n) is 5.01. The van der Waals surface area contributed by atoms with Gasteiger partial charge in [0.05, 0.1) is 21.1 Å². The molecule has 0 aliphatic carbocycles. The summed E-state index contributed by atoms with van der Waals surface area (Å²) in [6, 6.07) is 7.57. The number of unbranched alkanes of at least 4 members (excludes halogenated alkanes) is 15. The summed E-state index contributed by atoms with van der Waals surface area (Å²) in [5, 5.41) is 18.3. The standard InChI is InChI=1S/C29H55BNO6P/c1-31(2,3)26-29(37-38(34,35)36)21-19-17-15-13-11-9-7-5-4-6-8-10-12-14-16-18-20-27-22-24-28(25-23-27)30(32)33/h22-25,29,32-33H,4-21,26H2,1-3H3,(H-,34,35,36). The number of rotatable bonds is 24. The molecule has 0 spiro atoms. The van der Waals surface area contributed by atoms with Crippen LogP contribution in [0.3, 0.4) is 0 Å². The van der Waals surface area contributed by atoms with E-state index < -0.39 is 21.0 Å². The lowest BCUT2D eigenvalue weighted by molar-refractivity contribution is -0.873. The lowest BCUT2D eigenvalue weighted by Gasteiger charge is -2.31. The third kappa shape index (κ3) is 21.1. The molecule has 1 aromatic rings. The van der Waals surface area contributed by atoms with Crippen molar-refractivity contribution in [2.75, 3.05) is 27.7 Å². The van der Waals surface area contributed by atoms with Gasteiger partial charge < -0.3 is 28.8 Å². The molecule has 0 aliphatic rings. The van der Waals surface area contributed by atoms with Crippen LogP contribution in [0.25, 0.3) is 0 Å². The van der Waals surface area contributed by atoms with Gasteiger partial charge in [0.15, 0.2) is 0 Å². The van der Waals surface area contributed by atoms with Crippen LogP contribution in [-0.2, 0) is 15.5 Å². The predicted molar refractivity (Wildman–Crippen MR) is 156 cm³/mol. The number of hydrogen-bond acceptors (Lipinski definition) is 5. The van der Waals surface area contributed by atoms with Crippen molar-refractivity contribution in [3.63, 3.8) is 0 Å². The maximum atomic E-state index is 11.1. The van der Waals surface area contributed by atoms with Crippen molar-refractivity contribution >= 4 is 20.4 Å². The number of likely N-dealkylation sites (N-methyl/N-ethyl adjacent to an activating group) is 1. The second kappa shape index (κ2) is 20.2. The lowest BCUT2D eigenvalue weighted by atomic mass is 9.80. The summed E-state index contributed by atoms with van der Waals surface area (Å²) in [6.45, 7) is 0.559. The molecule has 0 amide bonds. The van der Waals surface area contributed by atoms with E-state index in [9.17, 15) is 9.46 Å². The third-order valence-electron chi connectivity index (χ3n) is 7.05. The topological polar surface area (TPSA) is 110 Å². The largest absolute Gasteiger partial charge is 0.756 e. The van der Waals surface area contributed by atoms with Crippen LogP contribution in [0, 0.1) is 0 Å². The molecule has 0 radical (unpaired) electrons. The van der Waals surface area contributed by atoms with Crippen molar-refractivity contribution in [1.29, 1.82) is 0 Å². The lowest BCUT2D eigenvalue weighted by Crippen LogP contribution is -2.42. The molecular formula is C29H55BNO6P. The van der Waals surface area contributed by atoms with Gasteiger partial charge in [-0.25, -0.2) is 0 Å². The van der Waals surface area contributed by atoms with Gasteiger partial charge in [0.1, 0.15) is 12.6 Å². The summed E-state index contributed by atoms with van der Waals surface area (Å²) in [4.78, 5) is 20.2. The van der Waals surface area contributed by atoms with E-state index in [0.29, 0.717) is 22.9 Å². The zero-order valence-corrected chi connectivity index (χ0v) is 25.3. The highest BCUT2D eigenvalue weighted by Crippen LogP contribution is 2.34. The summed E-state index contributed by atoms with van der Waals surface area (Å²) in [6.07, 6.45) is 21.4. The molecule has 0 aromatic heterocycles. The Morgan fingerprint density at radius 1 is 0.763 bits per heavy atom. The van der Waals surface area contributed by atoms with Gasteiger partial charge in [0.25, 0.3) is 7.82 Å². The highest BCUT2D eigenvalue weighted by molar-refractivity contribution is 7.44. The molecule has 38 heavy (non-hydrogen) atoms. The first-order chi connectivity index (χ1) is 18.0. The van der Waals surface area contributed by atoms with Gasteiger partial charge in [-0.1, -0.05) is 121 Å². The number of hydrogen-bond donors (Lipinski definition) is 3. The van der Waals surface area contributed by atoms with E-state index in [-0.39, 0.29) is 0 Å². The van der Waals surface area contributed by atoms with Crippen molar-refractivity contribution in [2.45, 2.75) is 122 Å². The Morgan fingerprint density at radius 2 is 1.16 bits per heavy atom. The number of phosphoric ester groups is 1. The minimum atomic E-state index is -4.68. The molecule has 0 bridgehead atoms. The summed E-state index contributed by atoms with van der Waals surface area (Å²) < 4.78 is 16.6. The van der Waals surface area contributed by atoms with Crippen LogP contribution < -0.4 is 10.4 Å².